The van der Waals surface area contributed by atoms with Crippen molar-refractivity contribution in [3.05, 3.63) is 30.6 Å². The van der Waals surface area contributed by atoms with Crippen LogP contribution in [0.1, 0.15) is 13.3 Å². The molecule has 0 atom stereocenters. The molecule has 0 bridgehead atoms. The van der Waals surface area contributed by atoms with E-state index in [1.165, 1.54) is 5.82 Å². The van der Waals surface area contributed by atoms with Crippen molar-refractivity contribution in [2.45, 2.75) is 13.3 Å². The number of hydrogen-bond donors (Lipinski definition) is 0. The second-order valence-electron chi connectivity index (χ2n) is 3.66. The van der Waals surface area contributed by atoms with Gasteiger partial charge in [-0.1, -0.05) is 22.0 Å². The van der Waals surface area contributed by atoms with Crippen molar-refractivity contribution in [2.24, 2.45) is 0 Å². The van der Waals surface area contributed by atoms with Gasteiger partial charge in [-0.15, -0.1) is 0 Å². The van der Waals surface area contributed by atoms with Crippen LogP contribution in [0.4, 0.5) is 5.82 Å². The monoisotopic (exact) mass is 281 g/mol. The maximum atomic E-state index is 4.30. The van der Waals surface area contributed by atoms with Crippen LogP contribution in [0.5, 0.6) is 0 Å². The molecule has 0 aliphatic rings. The minimum Gasteiger partial charge on any atom is -0.358 e. The van der Waals surface area contributed by atoms with Gasteiger partial charge in [0.25, 0.3) is 0 Å². The predicted molar refractivity (Wildman–Crippen MR) is 71.5 cm³/mol. The van der Waals surface area contributed by atoms with Gasteiger partial charge in [-0.2, -0.15) is 0 Å². The summed E-state index contributed by atoms with van der Waals surface area (Å²) in [6, 6.07) is 6.24. The molecule has 4 heteroatoms. The molecule has 0 saturated heterocycles. The summed E-state index contributed by atoms with van der Waals surface area (Å²) in [4.78, 5) is 6.67. The summed E-state index contributed by atoms with van der Waals surface area (Å²) in [6.45, 7) is 4.27. The third-order valence-electron chi connectivity index (χ3n) is 2.67. The molecular formula is C12H16BrN3. The van der Waals surface area contributed by atoms with Gasteiger partial charge in [-0.05, 0) is 25.5 Å². The maximum absolute atomic E-state index is 4.30. The fourth-order valence-corrected chi connectivity index (χ4v) is 2.13. The van der Waals surface area contributed by atoms with E-state index in [2.05, 4.69) is 49.3 Å². The Labute approximate surface area is 104 Å². The molecule has 0 fully saturated rings. The maximum Gasteiger partial charge on any atom is 0.138 e. The number of anilines is 1. The lowest BCUT2D eigenvalue weighted by atomic mass is 10.3. The number of halogens is 1. The summed E-state index contributed by atoms with van der Waals surface area (Å²) in [7, 11) is 0. The van der Waals surface area contributed by atoms with Gasteiger partial charge >= 0.3 is 0 Å². The van der Waals surface area contributed by atoms with Crippen LogP contribution < -0.4 is 4.90 Å². The van der Waals surface area contributed by atoms with Crippen LogP contribution in [0.2, 0.25) is 0 Å². The molecule has 16 heavy (non-hydrogen) atoms. The first-order chi connectivity index (χ1) is 7.86. The van der Waals surface area contributed by atoms with Gasteiger partial charge in [0.2, 0.25) is 0 Å². The Morgan fingerprint density at radius 1 is 1.44 bits per heavy atom. The molecule has 0 saturated carbocycles. The van der Waals surface area contributed by atoms with E-state index in [4.69, 9.17) is 0 Å². The van der Waals surface area contributed by atoms with Gasteiger partial charge in [-0.3, -0.25) is 4.40 Å². The Balaban J connectivity index is 2.32. The van der Waals surface area contributed by atoms with Crippen LogP contribution in [-0.4, -0.2) is 27.8 Å². The zero-order valence-corrected chi connectivity index (χ0v) is 11.0. The van der Waals surface area contributed by atoms with Crippen molar-refractivity contribution in [1.29, 1.82) is 0 Å². The van der Waals surface area contributed by atoms with Crippen molar-refractivity contribution < 1.29 is 0 Å². The van der Waals surface area contributed by atoms with E-state index in [-0.39, 0.29) is 0 Å². The third kappa shape index (κ3) is 2.21. The normalized spacial score (nSPS) is 10.9. The minimum absolute atomic E-state index is 1.01. The molecule has 0 amide bonds. The van der Waals surface area contributed by atoms with Crippen LogP contribution in [0.3, 0.4) is 0 Å². The number of rotatable bonds is 5. The Bertz CT molecular complexity index is 452. The van der Waals surface area contributed by atoms with E-state index in [1.807, 2.05) is 18.5 Å². The average Bonchev–Trinajstić information content (AvgIpc) is 2.78. The summed E-state index contributed by atoms with van der Waals surface area (Å²) >= 11 is 3.48. The average molecular weight is 282 g/mol. The standard InChI is InChI=1S/C12H16BrN3/c1-2-15(9-4-7-13)12-6-3-5-11-14-8-10-16(11)12/h3,5-6,8,10H,2,4,7,9H2,1H3. The Kier molecular flexibility index (Phi) is 3.83. The largest absolute Gasteiger partial charge is 0.358 e. The zero-order chi connectivity index (χ0) is 11.4. The van der Waals surface area contributed by atoms with Gasteiger partial charge < -0.3 is 4.90 Å². The fourth-order valence-electron chi connectivity index (χ4n) is 1.88. The number of imidazole rings is 1. The fraction of sp³-hybridized carbons (Fsp3) is 0.417. The Hall–Kier alpha value is -1.03. The number of nitrogens with zero attached hydrogens (tertiary/aromatic N) is 3. The third-order valence-corrected chi connectivity index (χ3v) is 3.23. The van der Waals surface area contributed by atoms with E-state index < -0.39 is 0 Å². The molecule has 0 N–H and O–H groups in total. The van der Waals surface area contributed by atoms with Crippen molar-refractivity contribution in [3.63, 3.8) is 0 Å². The first-order valence-corrected chi connectivity index (χ1v) is 6.72. The summed E-state index contributed by atoms with van der Waals surface area (Å²) < 4.78 is 2.14. The molecule has 3 nitrogen and oxygen atoms in total. The van der Waals surface area contributed by atoms with Gasteiger partial charge in [0, 0.05) is 30.8 Å². The van der Waals surface area contributed by atoms with Crippen LogP contribution in [0, 0.1) is 0 Å². The Morgan fingerprint density at radius 2 is 2.31 bits per heavy atom. The highest BCUT2D eigenvalue weighted by atomic mass is 79.9. The topological polar surface area (TPSA) is 20.5 Å². The highest BCUT2D eigenvalue weighted by molar-refractivity contribution is 9.09. The number of fused-ring (bicyclic) bond motifs is 1. The van der Waals surface area contributed by atoms with Crippen LogP contribution in [0.25, 0.3) is 5.65 Å². The Morgan fingerprint density at radius 3 is 3.06 bits per heavy atom. The SMILES string of the molecule is CCN(CCCBr)c1cccc2nccn12. The lowest BCUT2D eigenvalue weighted by molar-refractivity contribution is 0.778. The molecule has 0 spiro atoms. The molecule has 0 aliphatic carbocycles. The van der Waals surface area contributed by atoms with Gasteiger partial charge in [0.1, 0.15) is 11.5 Å². The van der Waals surface area contributed by atoms with Crippen LogP contribution in [0.15, 0.2) is 30.6 Å². The lowest BCUT2D eigenvalue weighted by Gasteiger charge is -2.23. The van der Waals surface area contributed by atoms with Gasteiger partial charge in [0.05, 0.1) is 0 Å². The minimum atomic E-state index is 1.01. The first-order valence-electron chi connectivity index (χ1n) is 5.59. The quantitative estimate of drug-likeness (QED) is 0.786. The molecule has 2 rings (SSSR count). The van der Waals surface area contributed by atoms with E-state index in [9.17, 15) is 0 Å². The summed E-state index contributed by atoms with van der Waals surface area (Å²) in [5, 5.41) is 1.05. The molecule has 0 unspecified atom stereocenters. The summed E-state index contributed by atoms with van der Waals surface area (Å²) in [5.74, 6) is 1.22. The van der Waals surface area contributed by atoms with Crippen molar-refractivity contribution in [1.82, 2.24) is 9.38 Å². The van der Waals surface area contributed by atoms with Crippen LogP contribution in [-0.2, 0) is 0 Å². The van der Waals surface area contributed by atoms with Gasteiger partial charge in [0.15, 0.2) is 0 Å². The highest BCUT2D eigenvalue weighted by Gasteiger charge is 2.07. The molecule has 0 aromatic carbocycles. The smallest absolute Gasteiger partial charge is 0.138 e. The summed E-state index contributed by atoms with van der Waals surface area (Å²) in [6.07, 6.45) is 5.01. The second kappa shape index (κ2) is 5.34. The van der Waals surface area contributed by atoms with Crippen molar-refractivity contribution in [2.75, 3.05) is 23.3 Å². The van der Waals surface area contributed by atoms with E-state index >= 15 is 0 Å². The van der Waals surface area contributed by atoms with Gasteiger partial charge in [-0.25, -0.2) is 4.98 Å². The molecule has 2 heterocycles. The number of alkyl halides is 1. The molecule has 2 aromatic rings. The first kappa shape index (κ1) is 11.5. The van der Waals surface area contributed by atoms with Crippen molar-refractivity contribution in [3.8, 4) is 0 Å². The number of pyridine rings is 1. The molecule has 0 radical (unpaired) electrons. The molecule has 86 valence electrons. The predicted octanol–water partition coefficient (Wildman–Crippen LogP) is 2.95. The number of hydrogen-bond acceptors (Lipinski definition) is 2. The molecule has 0 aliphatic heterocycles. The summed E-state index contributed by atoms with van der Waals surface area (Å²) in [5.41, 5.74) is 1.01. The van der Waals surface area contributed by atoms with E-state index in [0.717, 1.165) is 30.5 Å². The van der Waals surface area contributed by atoms with Crippen LogP contribution >= 0.6 is 15.9 Å². The zero-order valence-electron chi connectivity index (χ0n) is 9.43. The highest BCUT2D eigenvalue weighted by Crippen LogP contribution is 2.16. The second-order valence-corrected chi connectivity index (χ2v) is 4.45. The molecular weight excluding hydrogens is 266 g/mol. The lowest BCUT2D eigenvalue weighted by Crippen LogP contribution is -2.26. The van der Waals surface area contributed by atoms with Crippen molar-refractivity contribution >= 4 is 27.4 Å². The number of aromatic nitrogens is 2. The molecule has 2 aromatic heterocycles. The van der Waals surface area contributed by atoms with E-state index in [1.54, 1.807) is 0 Å². The van der Waals surface area contributed by atoms with E-state index in [0.29, 0.717) is 0 Å².